The van der Waals surface area contributed by atoms with E-state index in [9.17, 15) is 4.79 Å². The molecule has 0 aromatic heterocycles. The van der Waals surface area contributed by atoms with Crippen molar-refractivity contribution >= 4 is 17.4 Å². The van der Waals surface area contributed by atoms with E-state index in [4.69, 9.17) is 16.3 Å². The Morgan fingerprint density at radius 2 is 1.84 bits per heavy atom. The first-order valence-electron chi connectivity index (χ1n) is 6.16. The number of rotatable bonds is 6. The fraction of sp³-hybridized carbons (Fsp3) is 0.188. The molecule has 0 atom stereocenters. The molecule has 2 nitrogen and oxygen atoms in total. The summed E-state index contributed by atoms with van der Waals surface area (Å²) in [6, 6.07) is 16.9. The summed E-state index contributed by atoms with van der Waals surface area (Å²) < 4.78 is 5.49. The highest BCUT2D eigenvalue weighted by atomic mass is 35.5. The SMILES string of the molecule is O=C(CCOCc1ccccc1)c1cccc(Cl)c1. The Balaban J connectivity index is 1.75. The van der Waals surface area contributed by atoms with Crippen LogP contribution in [0.4, 0.5) is 0 Å². The van der Waals surface area contributed by atoms with E-state index in [0.717, 1.165) is 5.56 Å². The van der Waals surface area contributed by atoms with E-state index in [-0.39, 0.29) is 5.78 Å². The maximum absolute atomic E-state index is 11.9. The second-order valence-electron chi connectivity index (χ2n) is 4.22. The minimum atomic E-state index is 0.0514. The van der Waals surface area contributed by atoms with Crippen molar-refractivity contribution in [2.24, 2.45) is 0 Å². The summed E-state index contributed by atoms with van der Waals surface area (Å²) in [6.45, 7) is 0.948. The Morgan fingerprint density at radius 3 is 2.58 bits per heavy atom. The number of Topliss-reactive ketones (excluding diaryl/α,β-unsaturated/α-hetero) is 1. The molecule has 98 valence electrons. The smallest absolute Gasteiger partial charge is 0.165 e. The molecule has 0 N–H and O–H groups in total. The standard InChI is InChI=1S/C16H15ClO2/c17-15-8-4-7-14(11-15)16(18)9-10-19-12-13-5-2-1-3-6-13/h1-8,11H,9-10,12H2. The molecule has 2 aromatic rings. The summed E-state index contributed by atoms with van der Waals surface area (Å²) in [5.74, 6) is 0.0514. The van der Waals surface area contributed by atoms with Crippen LogP contribution in [0.15, 0.2) is 54.6 Å². The molecule has 0 aliphatic rings. The Hall–Kier alpha value is -1.64. The van der Waals surface area contributed by atoms with E-state index in [1.54, 1.807) is 24.3 Å². The second-order valence-corrected chi connectivity index (χ2v) is 4.66. The minimum absolute atomic E-state index is 0.0514. The Morgan fingerprint density at radius 1 is 1.05 bits per heavy atom. The zero-order valence-electron chi connectivity index (χ0n) is 10.5. The maximum Gasteiger partial charge on any atom is 0.165 e. The van der Waals surface area contributed by atoms with Gasteiger partial charge in [-0.2, -0.15) is 0 Å². The van der Waals surface area contributed by atoms with Crippen molar-refractivity contribution in [2.75, 3.05) is 6.61 Å². The van der Waals surface area contributed by atoms with Crippen LogP contribution in [0.25, 0.3) is 0 Å². The third kappa shape index (κ3) is 4.51. The van der Waals surface area contributed by atoms with Crippen LogP contribution >= 0.6 is 11.6 Å². The summed E-state index contributed by atoms with van der Waals surface area (Å²) in [7, 11) is 0. The molecule has 0 fully saturated rings. The zero-order valence-corrected chi connectivity index (χ0v) is 11.3. The first-order valence-corrected chi connectivity index (χ1v) is 6.54. The highest BCUT2D eigenvalue weighted by Crippen LogP contribution is 2.12. The average molecular weight is 275 g/mol. The van der Waals surface area contributed by atoms with Crippen molar-refractivity contribution in [3.05, 3.63) is 70.7 Å². The lowest BCUT2D eigenvalue weighted by molar-refractivity contribution is 0.0848. The lowest BCUT2D eigenvalue weighted by atomic mass is 10.1. The van der Waals surface area contributed by atoms with Crippen molar-refractivity contribution in [1.29, 1.82) is 0 Å². The summed E-state index contributed by atoms with van der Waals surface area (Å²) in [6.07, 6.45) is 0.368. The molecule has 0 amide bonds. The van der Waals surface area contributed by atoms with Crippen LogP contribution in [0.5, 0.6) is 0 Å². The van der Waals surface area contributed by atoms with Crippen LogP contribution in [0.3, 0.4) is 0 Å². The lowest BCUT2D eigenvalue weighted by Crippen LogP contribution is -2.04. The normalized spacial score (nSPS) is 10.4. The van der Waals surface area contributed by atoms with Gasteiger partial charge in [0.2, 0.25) is 0 Å². The molecule has 0 bridgehead atoms. The molecule has 0 saturated carbocycles. The number of benzene rings is 2. The number of ether oxygens (including phenoxy) is 1. The van der Waals surface area contributed by atoms with Crippen LogP contribution in [0, 0.1) is 0 Å². The van der Waals surface area contributed by atoms with Crippen molar-refractivity contribution in [3.63, 3.8) is 0 Å². The van der Waals surface area contributed by atoms with Gasteiger partial charge in [0.25, 0.3) is 0 Å². The van der Waals surface area contributed by atoms with Crippen LogP contribution in [-0.4, -0.2) is 12.4 Å². The average Bonchev–Trinajstić information content (AvgIpc) is 2.44. The monoisotopic (exact) mass is 274 g/mol. The van der Waals surface area contributed by atoms with Crippen molar-refractivity contribution in [1.82, 2.24) is 0 Å². The molecule has 0 aliphatic carbocycles. The predicted octanol–water partition coefficient (Wildman–Crippen LogP) is 4.13. The third-order valence-corrected chi connectivity index (χ3v) is 2.97. The largest absolute Gasteiger partial charge is 0.376 e. The van der Waals surface area contributed by atoms with Crippen LogP contribution in [0.1, 0.15) is 22.3 Å². The molecular weight excluding hydrogens is 260 g/mol. The van der Waals surface area contributed by atoms with Crippen LogP contribution in [0.2, 0.25) is 5.02 Å². The van der Waals surface area contributed by atoms with Gasteiger partial charge < -0.3 is 4.74 Å². The number of hydrogen-bond donors (Lipinski definition) is 0. The van der Waals surface area contributed by atoms with Crippen molar-refractivity contribution in [3.8, 4) is 0 Å². The zero-order chi connectivity index (χ0) is 13.5. The van der Waals surface area contributed by atoms with Crippen LogP contribution in [-0.2, 0) is 11.3 Å². The molecule has 19 heavy (non-hydrogen) atoms. The quantitative estimate of drug-likeness (QED) is 0.585. The molecule has 0 radical (unpaired) electrons. The van der Waals surface area contributed by atoms with Crippen molar-refractivity contribution in [2.45, 2.75) is 13.0 Å². The molecule has 0 saturated heterocycles. The van der Waals surface area contributed by atoms with Gasteiger partial charge in [-0.3, -0.25) is 4.79 Å². The van der Waals surface area contributed by atoms with E-state index in [1.807, 2.05) is 30.3 Å². The molecule has 0 aliphatic heterocycles. The second kappa shape index (κ2) is 7.07. The highest BCUT2D eigenvalue weighted by Gasteiger charge is 2.05. The summed E-state index contributed by atoms with van der Waals surface area (Å²) in [5.41, 5.74) is 1.74. The first-order chi connectivity index (χ1) is 9.25. The van der Waals surface area contributed by atoms with E-state index in [1.165, 1.54) is 0 Å². The van der Waals surface area contributed by atoms with Gasteiger partial charge in [-0.15, -0.1) is 0 Å². The van der Waals surface area contributed by atoms with Gasteiger partial charge in [-0.1, -0.05) is 54.1 Å². The highest BCUT2D eigenvalue weighted by molar-refractivity contribution is 6.31. The molecule has 0 heterocycles. The summed E-state index contributed by atoms with van der Waals surface area (Å²) >= 11 is 5.85. The number of ketones is 1. The van der Waals surface area contributed by atoms with Gasteiger partial charge in [-0.05, 0) is 17.7 Å². The van der Waals surface area contributed by atoms with E-state index in [2.05, 4.69) is 0 Å². The fourth-order valence-corrected chi connectivity index (χ4v) is 1.93. The van der Waals surface area contributed by atoms with Gasteiger partial charge in [0, 0.05) is 17.0 Å². The molecule has 0 unspecified atom stereocenters. The maximum atomic E-state index is 11.9. The summed E-state index contributed by atoms with van der Waals surface area (Å²) in [5, 5.41) is 0.580. The van der Waals surface area contributed by atoms with Crippen LogP contribution < -0.4 is 0 Å². The first kappa shape index (κ1) is 13.8. The number of carbonyl (C=O) groups excluding carboxylic acids is 1. The summed E-state index contributed by atoms with van der Waals surface area (Å²) in [4.78, 5) is 11.9. The number of hydrogen-bond acceptors (Lipinski definition) is 2. The Kier molecular flexibility index (Phi) is 5.13. The Labute approximate surface area is 118 Å². The predicted molar refractivity (Wildman–Crippen MR) is 76.5 cm³/mol. The van der Waals surface area contributed by atoms with Gasteiger partial charge in [0.15, 0.2) is 5.78 Å². The molecule has 2 aromatic carbocycles. The molecule has 3 heteroatoms. The van der Waals surface area contributed by atoms with Crippen molar-refractivity contribution < 1.29 is 9.53 Å². The third-order valence-electron chi connectivity index (χ3n) is 2.73. The topological polar surface area (TPSA) is 26.3 Å². The van der Waals surface area contributed by atoms with E-state index in [0.29, 0.717) is 30.2 Å². The van der Waals surface area contributed by atoms with E-state index >= 15 is 0 Å². The molecule has 2 rings (SSSR count). The van der Waals surface area contributed by atoms with Gasteiger partial charge in [0.05, 0.1) is 13.2 Å². The van der Waals surface area contributed by atoms with Gasteiger partial charge in [-0.25, -0.2) is 0 Å². The minimum Gasteiger partial charge on any atom is -0.376 e. The Bertz CT molecular complexity index is 537. The van der Waals surface area contributed by atoms with Gasteiger partial charge in [0.1, 0.15) is 0 Å². The number of halogens is 1. The van der Waals surface area contributed by atoms with E-state index < -0.39 is 0 Å². The number of carbonyl (C=O) groups is 1. The molecule has 0 spiro atoms. The van der Waals surface area contributed by atoms with Gasteiger partial charge >= 0.3 is 0 Å². The lowest BCUT2D eigenvalue weighted by Gasteiger charge is -2.04. The molecular formula is C16H15ClO2. The fourth-order valence-electron chi connectivity index (χ4n) is 1.74.